The molecule has 0 saturated heterocycles. The number of amides is 2. The molecule has 31 heavy (non-hydrogen) atoms. The molecule has 2 heterocycles. The van der Waals surface area contributed by atoms with Crippen molar-refractivity contribution in [2.75, 3.05) is 5.32 Å². The van der Waals surface area contributed by atoms with Gasteiger partial charge in [0.2, 0.25) is 11.8 Å². The highest BCUT2D eigenvalue weighted by molar-refractivity contribution is 6.30. The number of carbonyl (C=O) groups excluding carboxylic acids is 2. The normalized spacial score (nSPS) is 11.4. The Bertz CT molecular complexity index is 1020. The SMILES string of the molecule is CC(C)(C)c1cc(NC(=O)CCCC(=O)NCc2ccco2)n(-c2ccc(Cl)cc2)n1. The summed E-state index contributed by atoms with van der Waals surface area (Å²) in [4.78, 5) is 24.5. The first-order valence-corrected chi connectivity index (χ1v) is 10.6. The fraction of sp³-hybridized carbons (Fsp3) is 0.348. The lowest BCUT2D eigenvalue weighted by atomic mass is 9.92. The van der Waals surface area contributed by atoms with E-state index < -0.39 is 0 Å². The van der Waals surface area contributed by atoms with Gasteiger partial charge in [-0.15, -0.1) is 0 Å². The van der Waals surface area contributed by atoms with Gasteiger partial charge in [0.05, 0.1) is 24.2 Å². The van der Waals surface area contributed by atoms with Crippen molar-refractivity contribution in [2.24, 2.45) is 0 Å². The van der Waals surface area contributed by atoms with Gasteiger partial charge in [-0.3, -0.25) is 9.59 Å². The molecule has 0 unspecified atom stereocenters. The van der Waals surface area contributed by atoms with E-state index in [0.29, 0.717) is 29.6 Å². The Kier molecular flexibility index (Phi) is 7.17. The van der Waals surface area contributed by atoms with E-state index in [4.69, 9.17) is 16.0 Å². The highest BCUT2D eigenvalue weighted by Gasteiger charge is 2.21. The van der Waals surface area contributed by atoms with Crippen LogP contribution in [-0.4, -0.2) is 21.6 Å². The molecule has 0 fully saturated rings. The third kappa shape index (κ3) is 6.46. The van der Waals surface area contributed by atoms with Gasteiger partial charge in [-0.1, -0.05) is 32.4 Å². The molecular weight excluding hydrogens is 416 g/mol. The maximum absolute atomic E-state index is 12.5. The van der Waals surface area contributed by atoms with Gasteiger partial charge in [0.15, 0.2) is 0 Å². The number of aromatic nitrogens is 2. The second kappa shape index (κ2) is 9.83. The van der Waals surface area contributed by atoms with Gasteiger partial charge in [0, 0.05) is 29.3 Å². The summed E-state index contributed by atoms with van der Waals surface area (Å²) in [6, 6.07) is 12.7. The molecule has 8 heteroatoms. The summed E-state index contributed by atoms with van der Waals surface area (Å²) >= 11 is 6.00. The van der Waals surface area contributed by atoms with Crippen LogP contribution in [0.1, 0.15) is 51.5 Å². The van der Waals surface area contributed by atoms with Crippen molar-refractivity contribution in [3.8, 4) is 5.69 Å². The van der Waals surface area contributed by atoms with Crippen molar-refractivity contribution >= 4 is 29.2 Å². The van der Waals surface area contributed by atoms with Crippen molar-refractivity contribution in [1.82, 2.24) is 15.1 Å². The average molecular weight is 443 g/mol. The van der Waals surface area contributed by atoms with Crippen LogP contribution in [0, 0.1) is 0 Å². The molecule has 164 valence electrons. The first-order valence-electron chi connectivity index (χ1n) is 10.2. The molecular formula is C23H27ClN4O3. The predicted octanol–water partition coefficient (Wildman–Crippen LogP) is 4.84. The number of benzene rings is 1. The van der Waals surface area contributed by atoms with Crippen LogP contribution in [-0.2, 0) is 21.5 Å². The maximum atomic E-state index is 12.5. The molecule has 2 amide bonds. The Labute approximate surface area is 186 Å². The second-order valence-electron chi connectivity index (χ2n) is 8.31. The lowest BCUT2D eigenvalue weighted by Crippen LogP contribution is -2.22. The zero-order valence-electron chi connectivity index (χ0n) is 17.9. The number of carbonyl (C=O) groups is 2. The molecule has 3 rings (SSSR count). The number of hydrogen-bond acceptors (Lipinski definition) is 4. The number of furan rings is 1. The molecule has 0 atom stereocenters. The van der Waals surface area contributed by atoms with E-state index >= 15 is 0 Å². The van der Waals surface area contributed by atoms with Crippen molar-refractivity contribution in [1.29, 1.82) is 0 Å². The number of rotatable bonds is 8. The van der Waals surface area contributed by atoms with Crippen LogP contribution in [0.3, 0.4) is 0 Å². The van der Waals surface area contributed by atoms with Crippen LogP contribution in [0.15, 0.2) is 53.1 Å². The summed E-state index contributed by atoms with van der Waals surface area (Å²) < 4.78 is 6.88. The van der Waals surface area contributed by atoms with E-state index in [9.17, 15) is 9.59 Å². The van der Waals surface area contributed by atoms with Gasteiger partial charge in [-0.05, 0) is 42.8 Å². The molecule has 2 N–H and O–H groups in total. The summed E-state index contributed by atoms with van der Waals surface area (Å²) in [6.45, 7) is 6.53. The summed E-state index contributed by atoms with van der Waals surface area (Å²) in [5, 5.41) is 11.0. The molecule has 0 aliphatic rings. The number of nitrogens with one attached hydrogen (secondary N) is 2. The molecule has 0 spiro atoms. The van der Waals surface area contributed by atoms with Crippen molar-refractivity contribution in [2.45, 2.75) is 52.0 Å². The lowest BCUT2D eigenvalue weighted by molar-refractivity contribution is -0.121. The van der Waals surface area contributed by atoms with Crippen LogP contribution in [0.25, 0.3) is 5.69 Å². The predicted molar refractivity (Wildman–Crippen MR) is 120 cm³/mol. The lowest BCUT2D eigenvalue weighted by Gasteiger charge is -2.14. The van der Waals surface area contributed by atoms with E-state index in [1.807, 2.05) is 18.2 Å². The minimum absolute atomic E-state index is 0.120. The highest BCUT2D eigenvalue weighted by Crippen LogP contribution is 2.27. The van der Waals surface area contributed by atoms with Gasteiger partial charge in [0.25, 0.3) is 0 Å². The van der Waals surface area contributed by atoms with Crippen LogP contribution >= 0.6 is 11.6 Å². The van der Waals surface area contributed by atoms with E-state index in [0.717, 1.165) is 11.4 Å². The molecule has 3 aromatic rings. The Morgan fingerprint density at radius 3 is 2.45 bits per heavy atom. The van der Waals surface area contributed by atoms with Gasteiger partial charge >= 0.3 is 0 Å². The van der Waals surface area contributed by atoms with Crippen molar-refractivity contribution in [3.05, 3.63) is 65.2 Å². The Morgan fingerprint density at radius 2 is 1.81 bits per heavy atom. The molecule has 0 saturated carbocycles. The zero-order chi connectivity index (χ0) is 22.4. The summed E-state index contributed by atoms with van der Waals surface area (Å²) in [5.74, 6) is 0.982. The third-order valence-corrected chi connectivity index (χ3v) is 4.92. The summed E-state index contributed by atoms with van der Waals surface area (Å²) in [5.41, 5.74) is 1.48. The zero-order valence-corrected chi connectivity index (χ0v) is 18.7. The maximum Gasteiger partial charge on any atom is 0.225 e. The van der Waals surface area contributed by atoms with Gasteiger partial charge < -0.3 is 15.1 Å². The quantitative estimate of drug-likeness (QED) is 0.522. The Balaban J connectivity index is 1.59. The smallest absolute Gasteiger partial charge is 0.225 e. The van der Waals surface area contributed by atoms with Crippen LogP contribution in [0.4, 0.5) is 5.82 Å². The molecule has 1 aromatic carbocycles. The topological polar surface area (TPSA) is 89.2 Å². The Morgan fingerprint density at radius 1 is 1.10 bits per heavy atom. The van der Waals surface area contributed by atoms with E-state index in [1.54, 1.807) is 35.2 Å². The molecule has 0 radical (unpaired) electrons. The number of hydrogen-bond donors (Lipinski definition) is 2. The van der Waals surface area contributed by atoms with E-state index in [-0.39, 0.29) is 30.1 Å². The molecule has 0 aliphatic carbocycles. The van der Waals surface area contributed by atoms with Gasteiger partial charge in [-0.25, -0.2) is 4.68 Å². The standard InChI is InChI=1S/C23H27ClN4O3/c1-23(2,3)19-14-20(28(27-19)17-11-9-16(24)10-12-17)26-22(30)8-4-7-21(29)25-15-18-6-5-13-31-18/h5-6,9-14H,4,7-8,15H2,1-3H3,(H,25,29)(H,26,30). The fourth-order valence-electron chi connectivity index (χ4n) is 2.92. The monoisotopic (exact) mass is 442 g/mol. The van der Waals surface area contributed by atoms with Gasteiger partial charge in [0.1, 0.15) is 11.6 Å². The average Bonchev–Trinajstić information content (AvgIpc) is 3.37. The minimum atomic E-state index is -0.177. The molecule has 0 aliphatic heterocycles. The van der Waals surface area contributed by atoms with E-state index in [2.05, 4.69) is 36.5 Å². The number of anilines is 1. The first-order chi connectivity index (χ1) is 14.7. The van der Waals surface area contributed by atoms with E-state index in [1.165, 1.54) is 0 Å². The largest absolute Gasteiger partial charge is 0.467 e. The second-order valence-corrected chi connectivity index (χ2v) is 8.75. The third-order valence-electron chi connectivity index (χ3n) is 4.66. The highest BCUT2D eigenvalue weighted by atomic mass is 35.5. The number of halogens is 1. The molecule has 0 bridgehead atoms. The summed E-state index contributed by atoms with van der Waals surface area (Å²) in [6.07, 6.45) is 2.49. The summed E-state index contributed by atoms with van der Waals surface area (Å²) in [7, 11) is 0. The fourth-order valence-corrected chi connectivity index (χ4v) is 3.04. The van der Waals surface area contributed by atoms with Crippen molar-refractivity contribution < 1.29 is 14.0 Å². The first kappa shape index (κ1) is 22.6. The van der Waals surface area contributed by atoms with Crippen LogP contribution in [0.2, 0.25) is 5.02 Å². The number of nitrogens with zero attached hydrogens (tertiary/aromatic N) is 2. The van der Waals surface area contributed by atoms with Crippen LogP contribution < -0.4 is 10.6 Å². The minimum Gasteiger partial charge on any atom is -0.467 e. The van der Waals surface area contributed by atoms with Gasteiger partial charge in [-0.2, -0.15) is 5.10 Å². The Hall–Kier alpha value is -3.06. The van der Waals surface area contributed by atoms with Crippen molar-refractivity contribution in [3.63, 3.8) is 0 Å². The molecule has 7 nitrogen and oxygen atoms in total. The molecule has 2 aromatic heterocycles. The van der Waals surface area contributed by atoms with Crippen LogP contribution in [0.5, 0.6) is 0 Å².